The SMILES string of the molecule is CC(=O)Nc1ccc(C(O)/C(=N/NC(N)=S)c2nc3ccc(Cl)cc3[nH]c2=O)cc1. The molecule has 154 valence electrons. The first kappa shape index (κ1) is 21.4. The van der Waals surface area contributed by atoms with Gasteiger partial charge in [0, 0.05) is 17.6 Å². The maximum atomic E-state index is 12.6. The fraction of sp³-hybridized carbons (Fsp3) is 0.105. The fourth-order valence-corrected chi connectivity index (χ4v) is 2.92. The van der Waals surface area contributed by atoms with E-state index in [9.17, 15) is 14.7 Å². The van der Waals surface area contributed by atoms with Crippen molar-refractivity contribution in [2.24, 2.45) is 10.8 Å². The molecule has 3 aromatic rings. The number of thiocarbonyl (C=S) groups is 1. The number of nitrogens with zero attached hydrogens (tertiary/aromatic N) is 2. The minimum absolute atomic E-state index is 0.0897. The first-order valence-electron chi connectivity index (χ1n) is 8.63. The molecule has 1 aromatic heterocycles. The Morgan fingerprint density at radius 2 is 2.00 bits per heavy atom. The van der Waals surface area contributed by atoms with Crippen LogP contribution >= 0.6 is 23.8 Å². The lowest BCUT2D eigenvalue weighted by Gasteiger charge is -2.15. The van der Waals surface area contributed by atoms with Gasteiger partial charge in [-0.3, -0.25) is 15.0 Å². The molecule has 0 saturated carbocycles. The molecule has 9 nitrogen and oxygen atoms in total. The topological polar surface area (TPSA) is 145 Å². The number of aliphatic hydroxyl groups excluding tert-OH is 1. The zero-order chi connectivity index (χ0) is 21.8. The summed E-state index contributed by atoms with van der Waals surface area (Å²) in [4.78, 5) is 30.8. The van der Waals surface area contributed by atoms with Crippen LogP contribution in [0.25, 0.3) is 11.0 Å². The average Bonchev–Trinajstić information content (AvgIpc) is 2.68. The number of aromatic amines is 1. The van der Waals surface area contributed by atoms with Gasteiger partial charge in [0.15, 0.2) is 10.8 Å². The van der Waals surface area contributed by atoms with E-state index < -0.39 is 11.7 Å². The highest BCUT2D eigenvalue weighted by atomic mass is 35.5. The Kier molecular flexibility index (Phi) is 6.40. The second-order valence-corrected chi connectivity index (χ2v) is 7.13. The molecule has 3 rings (SSSR count). The number of rotatable bonds is 5. The van der Waals surface area contributed by atoms with Gasteiger partial charge in [-0.15, -0.1) is 0 Å². The maximum absolute atomic E-state index is 12.6. The van der Waals surface area contributed by atoms with Crippen molar-refractivity contribution in [3.05, 3.63) is 69.1 Å². The molecule has 0 bridgehead atoms. The van der Waals surface area contributed by atoms with Crippen molar-refractivity contribution < 1.29 is 9.90 Å². The van der Waals surface area contributed by atoms with E-state index in [0.29, 0.717) is 27.3 Å². The zero-order valence-corrected chi connectivity index (χ0v) is 17.2. The number of hydrogen-bond donors (Lipinski definition) is 5. The Bertz CT molecular complexity index is 1210. The van der Waals surface area contributed by atoms with Gasteiger partial charge in [-0.1, -0.05) is 23.7 Å². The minimum Gasteiger partial charge on any atom is -0.382 e. The van der Waals surface area contributed by atoms with Crippen LogP contribution in [0.2, 0.25) is 5.02 Å². The molecular weight excluding hydrogens is 428 g/mol. The summed E-state index contributed by atoms with van der Waals surface area (Å²) in [7, 11) is 0. The van der Waals surface area contributed by atoms with Crippen LogP contribution < -0.4 is 22.0 Å². The molecule has 1 heterocycles. The van der Waals surface area contributed by atoms with Crippen LogP contribution in [0, 0.1) is 0 Å². The van der Waals surface area contributed by atoms with Gasteiger partial charge in [0.2, 0.25) is 5.91 Å². The van der Waals surface area contributed by atoms with Gasteiger partial charge in [-0.2, -0.15) is 5.10 Å². The van der Waals surface area contributed by atoms with Crippen molar-refractivity contribution in [3.63, 3.8) is 0 Å². The van der Waals surface area contributed by atoms with Gasteiger partial charge in [-0.05, 0) is 48.1 Å². The molecule has 0 radical (unpaired) electrons. The van der Waals surface area contributed by atoms with Crippen LogP contribution in [0.5, 0.6) is 0 Å². The Morgan fingerprint density at radius 1 is 1.30 bits per heavy atom. The zero-order valence-electron chi connectivity index (χ0n) is 15.6. The number of hydrogen-bond acceptors (Lipinski definition) is 6. The molecular formula is C19H17ClN6O3S. The normalized spacial score (nSPS) is 12.4. The summed E-state index contributed by atoms with van der Waals surface area (Å²) in [5.41, 5.74) is 8.88. The molecule has 6 N–H and O–H groups in total. The number of anilines is 1. The Balaban J connectivity index is 2.06. The number of carbonyl (C=O) groups is 1. The Labute approximate surface area is 181 Å². The molecule has 1 unspecified atom stereocenters. The van der Waals surface area contributed by atoms with E-state index in [2.05, 4.69) is 25.8 Å². The number of benzene rings is 2. The minimum atomic E-state index is -1.34. The van der Waals surface area contributed by atoms with Gasteiger partial charge in [0.25, 0.3) is 5.56 Å². The summed E-state index contributed by atoms with van der Waals surface area (Å²) in [5.74, 6) is -0.224. The third kappa shape index (κ3) is 4.98. The van der Waals surface area contributed by atoms with Crippen molar-refractivity contribution in [1.82, 2.24) is 15.4 Å². The maximum Gasteiger partial charge on any atom is 0.276 e. The predicted octanol–water partition coefficient (Wildman–Crippen LogP) is 1.81. The standard InChI is InChI=1S/C19H17ClN6O3S/c1-9(27)22-12-5-2-10(3-6-12)17(28)15(25-26-19(21)30)16-18(29)24-14-8-11(20)4-7-13(14)23-16/h2-8,17,28H,1H3,(H,22,27)(H,24,29)(H3,21,26,30)/b25-15+. The summed E-state index contributed by atoms with van der Waals surface area (Å²) in [5, 5.41) is 17.8. The molecule has 1 amide bonds. The number of amides is 1. The Hall–Kier alpha value is -3.34. The molecule has 30 heavy (non-hydrogen) atoms. The number of hydrazone groups is 1. The van der Waals surface area contributed by atoms with Crippen molar-refractivity contribution >= 4 is 57.3 Å². The molecule has 0 saturated heterocycles. The second kappa shape index (κ2) is 8.99. The molecule has 11 heteroatoms. The number of fused-ring (bicyclic) bond motifs is 1. The van der Waals surface area contributed by atoms with Crippen molar-refractivity contribution in [2.75, 3.05) is 5.32 Å². The number of halogens is 1. The Morgan fingerprint density at radius 3 is 2.63 bits per heavy atom. The van der Waals surface area contributed by atoms with Crippen LogP contribution in [0.4, 0.5) is 5.69 Å². The summed E-state index contributed by atoms with van der Waals surface area (Å²) in [6.07, 6.45) is -1.34. The molecule has 0 aliphatic heterocycles. The highest BCUT2D eigenvalue weighted by molar-refractivity contribution is 7.80. The number of H-pyrrole nitrogens is 1. The lowest BCUT2D eigenvalue weighted by atomic mass is 10.0. The van der Waals surface area contributed by atoms with Gasteiger partial charge >= 0.3 is 0 Å². The molecule has 1 atom stereocenters. The highest BCUT2D eigenvalue weighted by Gasteiger charge is 2.23. The summed E-state index contributed by atoms with van der Waals surface area (Å²) < 4.78 is 0. The van der Waals surface area contributed by atoms with Crippen molar-refractivity contribution in [1.29, 1.82) is 0 Å². The van der Waals surface area contributed by atoms with Gasteiger partial charge < -0.3 is 21.1 Å². The molecule has 0 fully saturated rings. The first-order valence-corrected chi connectivity index (χ1v) is 9.42. The van der Waals surface area contributed by atoms with Crippen molar-refractivity contribution in [3.8, 4) is 0 Å². The van der Waals surface area contributed by atoms with Crippen LogP contribution in [-0.2, 0) is 4.79 Å². The quantitative estimate of drug-likeness (QED) is 0.229. The van der Waals surface area contributed by atoms with Gasteiger partial charge in [-0.25, -0.2) is 4.98 Å². The van der Waals surface area contributed by atoms with E-state index in [0.717, 1.165) is 0 Å². The third-order valence-corrected chi connectivity index (χ3v) is 4.32. The van der Waals surface area contributed by atoms with E-state index in [1.807, 2.05) is 0 Å². The highest BCUT2D eigenvalue weighted by Crippen LogP contribution is 2.21. The van der Waals surface area contributed by atoms with Gasteiger partial charge in [0.1, 0.15) is 11.8 Å². The number of carbonyl (C=O) groups excluding carboxylic acids is 1. The predicted molar refractivity (Wildman–Crippen MR) is 120 cm³/mol. The number of nitrogens with two attached hydrogens (primary N) is 1. The number of aromatic nitrogens is 2. The van der Waals surface area contributed by atoms with Crippen molar-refractivity contribution in [2.45, 2.75) is 13.0 Å². The largest absolute Gasteiger partial charge is 0.382 e. The van der Waals surface area contributed by atoms with E-state index in [1.165, 1.54) is 6.92 Å². The van der Waals surface area contributed by atoms with E-state index in [-0.39, 0.29) is 22.4 Å². The van der Waals surface area contributed by atoms with Gasteiger partial charge in [0.05, 0.1) is 11.0 Å². The van der Waals surface area contributed by atoms with Crippen LogP contribution in [0.15, 0.2) is 52.4 Å². The number of nitrogens with one attached hydrogen (secondary N) is 3. The molecule has 0 aliphatic carbocycles. The van der Waals surface area contributed by atoms with Crippen LogP contribution in [0.1, 0.15) is 24.3 Å². The van der Waals surface area contributed by atoms with E-state index in [4.69, 9.17) is 29.6 Å². The lowest BCUT2D eigenvalue weighted by molar-refractivity contribution is -0.114. The average molecular weight is 445 g/mol. The fourth-order valence-electron chi connectivity index (χ4n) is 2.70. The third-order valence-electron chi connectivity index (χ3n) is 3.99. The first-order chi connectivity index (χ1) is 14.2. The summed E-state index contributed by atoms with van der Waals surface area (Å²) >= 11 is 10.7. The molecule has 2 aromatic carbocycles. The summed E-state index contributed by atoms with van der Waals surface area (Å²) in [6.45, 7) is 1.39. The lowest BCUT2D eigenvalue weighted by Crippen LogP contribution is -2.31. The van der Waals surface area contributed by atoms with Crippen LogP contribution in [0.3, 0.4) is 0 Å². The molecule has 0 spiro atoms. The monoisotopic (exact) mass is 444 g/mol. The molecule has 0 aliphatic rings. The van der Waals surface area contributed by atoms with E-state index in [1.54, 1.807) is 42.5 Å². The van der Waals surface area contributed by atoms with Crippen LogP contribution in [-0.4, -0.2) is 31.8 Å². The second-order valence-electron chi connectivity index (χ2n) is 6.25. The smallest absolute Gasteiger partial charge is 0.276 e. The summed E-state index contributed by atoms with van der Waals surface area (Å²) in [6, 6.07) is 11.2. The number of aliphatic hydroxyl groups is 1. The van der Waals surface area contributed by atoms with E-state index >= 15 is 0 Å².